The van der Waals surface area contributed by atoms with Gasteiger partial charge in [0.05, 0.1) is 12.2 Å². The molecule has 1 N–H and O–H groups in total. The van der Waals surface area contributed by atoms with E-state index in [4.69, 9.17) is 16.9 Å². The SMILES string of the molecule is CCCC(O)C(C#N)c1c(F)cccc1Cl. The molecule has 0 aliphatic heterocycles. The van der Waals surface area contributed by atoms with Crippen molar-refractivity contribution in [1.82, 2.24) is 0 Å². The molecule has 2 atom stereocenters. The Morgan fingerprint density at radius 2 is 2.25 bits per heavy atom. The quantitative estimate of drug-likeness (QED) is 0.880. The Balaban J connectivity index is 3.09. The molecule has 0 radical (unpaired) electrons. The molecule has 4 heteroatoms. The second-order valence-electron chi connectivity index (χ2n) is 3.60. The summed E-state index contributed by atoms with van der Waals surface area (Å²) < 4.78 is 13.5. The molecule has 1 aromatic carbocycles. The molecule has 0 aromatic heterocycles. The van der Waals surface area contributed by atoms with Crippen molar-refractivity contribution in [1.29, 1.82) is 5.26 Å². The van der Waals surface area contributed by atoms with E-state index in [1.807, 2.05) is 13.0 Å². The lowest BCUT2D eigenvalue weighted by Gasteiger charge is -2.17. The van der Waals surface area contributed by atoms with Gasteiger partial charge >= 0.3 is 0 Å². The van der Waals surface area contributed by atoms with Crippen molar-refractivity contribution in [2.24, 2.45) is 0 Å². The number of rotatable bonds is 4. The maximum absolute atomic E-state index is 13.5. The third kappa shape index (κ3) is 2.72. The van der Waals surface area contributed by atoms with Crippen molar-refractivity contribution < 1.29 is 9.50 Å². The van der Waals surface area contributed by atoms with E-state index in [1.54, 1.807) is 0 Å². The minimum atomic E-state index is -0.909. The largest absolute Gasteiger partial charge is 0.391 e. The average Bonchev–Trinajstić information content (AvgIpc) is 2.24. The minimum absolute atomic E-state index is 0.0904. The summed E-state index contributed by atoms with van der Waals surface area (Å²) in [7, 11) is 0. The lowest BCUT2D eigenvalue weighted by Crippen LogP contribution is -2.18. The van der Waals surface area contributed by atoms with E-state index in [9.17, 15) is 9.50 Å². The first kappa shape index (κ1) is 13.0. The minimum Gasteiger partial charge on any atom is -0.391 e. The summed E-state index contributed by atoms with van der Waals surface area (Å²) in [5, 5.41) is 18.9. The Hall–Kier alpha value is -1.11. The highest BCUT2D eigenvalue weighted by Gasteiger charge is 2.25. The van der Waals surface area contributed by atoms with E-state index in [-0.39, 0.29) is 10.6 Å². The second-order valence-corrected chi connectivity index (χ2v) is 4.01. The zero-order valence-corrected chi connectivity index (χ0v) is 9.71. The molecule has 1 rings (SSSR count). The van der Waals surface area contributed by atoms with Crippen LogP contribution >= 0.6 is 11.6 Å². The van der Waals surface area contributed by atoms with E-state index in [2.05, 4.69) is 0 Å². The molecule has 0 bridgehead atoms. The molecule has 0 saturated heterocycles. The van der Waals surface area contributed by atoms with Gasteiger partial charge in [-0.1, -0.05) is 31.0 Å². The van der Waals surface area contributed by atoms with E-state index in [1.165, 1.54) is 18.2 Å². The average molecular weight is 242 g/mol. The van der Waals surface area contributed by atoms with Gasteiger partial charge in [0.25, 0.3) is 0 Å². The summed E-state index contributed by atoms with van der Waals surface area (Å²) in [6, 6.07) is 6.14. The summed E-state index contributed by atoms with van der Waals surface area (Å²) >= 11 is 5.85. The Morgan fingerprint density at radius 3 is 2.75 bits per heavy atom. The fraction of sp³-hybridized carbons (Fsp3) is 0.417. The molecule has 0 fully saturated rings. The van der Waals surface area contributed by atoms with Gasteiger partial charge in [-0.25, -0.2) is 4.39 Å². The van der Waals surface area contributed by atoms with Crippen molar-refractivity contribution in [3.05, 3.63) is 34.6 Å². The molecule has 0 saturated carbocycles. The molecular formula is C12H13ClFNO. The highest BCUT2D eigenvalue weighted by Crippen LogP contribution is 2.30. The fourth-order valence-electron chi connectivity index (χ4n) is 1.61. The van der Waals surface area contributed by atoms with Crippen LogP contribution in [0.3, 0.4) is 0 Å². The Labute approximate surface area is 99.3 Å². The zero-order valence-electron chi connectivity index (χ0n) is 8.95. The number of nitriles is 1. The van der Waals surface area contributed by atoms with Gasteiger partial charge in [-0.2, -0.15) is 5.26 Å². The lowest BCUT2D eigenvalue weighted by atomic mass is 9.92. The normalized spacial score (nSPS) is 14.2. The van der Waals surface area contributed by atoms with Crippen LogP contribution in [0.15, 0.2) is 18.2 Å². The predicted molar refractivity (Wildman–Crippen MR) is 60.7 cm³/mol. The van der Waals surface area contributed by atoms with E-state index in [0.29, 0.717) is 6.42 Å². The van der Waals surface area contributed by atoms with Crippen LogP contribution in [0, 0.1) is 17.1 Å². The molecule has 0 aliphatic rings. The van der Waals surface area contributed by atoms with Crippen molar-refractivity contribution in [2.75, 3.05) is 0 Å². The van der Waals surface area contributed by atoms with Crippen LogP contribution in [0.2, 0.25) is 5.02 Å². The second kappa shape index (κ2) is 5.83. The number of aliphatic hydroxyl groups is 1. The van der Waals surface area contributed by atoms with Crippen molar-refractivity contribution in [2.45, 2.75) is 31.8 Å². The number of nitrogens with zero attached hydrogens (tertiary/aromatic N) is 1. The van der Waals surface area contributed by atoms with Gasteiger partial charge in [-0.3, -0.25) is 0 Å². The zero-order chi connectivity index (χ0) is 12.1. The number of benzene rings is 1. The van der Waals surface area contributed by atoms with Gasteiger partial charge in [0.1, 0.15) is 11.7 Å². The monoisotopic (exact) mass is 241 g/mol. The summed E-state index contributed by atoms with van der Waals surface area (Å²) in [6.07, 6.45) is 0.290. The Kier molecular flexibility index (Phi) is 4.72. The summed E-state index contributed by atoms with van der Waals surface area (Å²) in [4.78, 5) is 0. The number of aliphatic hydroxyl groups excluding tert-OH is 1. The van der Waals surface area contributed by atoms with Gasteiger partial charge in [-0.15, -0.1) is 0 Å². The van der Waals surface area contributed by atoms with Gasteiger partial charge in [0, 0.05) is 10.6 Å². The predicted octanol–water partition coefficient (Wildman–Crippen LogP) is 3.25. The third-order valence-electron chi connectivity index (χ3n) is 2.42. The standard InChI is InChI=1S/C12H13ClFNO/c1-2-4-11(16)8(7-15)12-9(13)5-3-6-10(12)14/h3,5-6,8,11,16H,2,4H2,1H3. The fourth-order valence-corrected chi connectivity index (χ4v) is 1.89. The first-order valence-corrected chi connectivity index (χ1v) is 5.51. The highest BCUT2D eigenvalue weighted by atomic mass is 35.5. The van der Waals surface area contributed by atoms with E-state index < -0.39 is 17.8 Å². The molecule has 0 spiro atoms. The molecule has 1 aromatic rings. The van der Waals surface area contributed by atoms with Crippen molar-refractivity contribution in [3.63, 3.8) is 0 Å². The molecule has 2 nitrogen and oxygen atoms in total. The molecule has 0 heterocycles. The van der Waals surface area contributed by atoms with E-state index in [0.717, 1.165) is 6.42 Å². The first-order valence-electron chi connectivity index (χ1n) is 5.13. The Morgan fingerprint density at radius 1 is 1.56 bits per heavy atom. The maximum Gasteiger partial charge on any atom is 0.129 e. The van der Waals surface area contributed by atoms with Gasteiger partial charge < -0.3 is 5.11 Å². The van der Waals surface area contributed by atoms with Crippen LogP contribution in [-0.2, 0) is 0 Å². The molecule has 2 unspecified atom stereocenters. The van der Waals surface area contributed by atoms with Crippen LogP contribution in [0.25, 0.3) is 0 Å². The van der Waals surface area contributed by atoms with Gasteiger partial charge in [0.15, 0.2) is 0 Å². The molecular weight excluding hydrogens is 229 g/mol. The van der Waals surface area contributed by atoms with Crippen LogP contribution in [0.5, 0.6) is 0 Å². The topological polar surface area (TPSA) is 44.0 Å². The highest BCUT2D eigenvalue weighted by molar-refractivity contribution is 6.31. The van der Waals surface area contributed by atoms with Gasteiger partial charge in [0.2, 0.25) is 0 Å². The van der Waals surface area contributed by atoms with Crippen LogP contribution in [0.1, 0.15) is 31.2 Å². The Bertz CT molecular complexity index is 382. The summed E-state index contributed by atoms with van der Waals surface area (Å²) in [5.74, 6) is -1.46. The number of hydrogen-bond donors (Lipinski definition) is 1. The van der Waals surface area contributed by atoms with Gasteiger partial charge in [-0.05, 0) is 18.6 Å². The van der Waals surface area contributed by atoms with Crippen LogP contribution in [0.4, 0.5) is 4.39 Å². The molecule has 0 aliphatic carbocycles. The van der Waals surface area contributed by atoms with Crippen molar-refractivity contribution >= 4 is 11.6 Å². The maximum atomic E-state index is 13.5. The lowest BCUT2D eigenvalue weighted by molar-refractivity contribution is 0.149. The number of halogens is 2. The number of hydrogen-bond acceptors (Lipinski definition) is 2. The summed E-state index contributed by atoms with van der Waals surface area (Å²) in [5.41, 5.74) is 0.0904. The van der Waals surface area contributed by atoms with Crippen LogP contribution in [-0.4, -0.2) is 11.2 Å². The molecule has 0 amide bonds. The van der Waals surface area contributed by atoms with E-state index >= 15 is 0 Å². The molecule has 86 valence electrons. The smallest absolute Gasteiger partial charge is 0.129 e. The molecule has 16 heavy (non-hydrogen) atoms. The van der Waals surface area contributed by atoms with Crippen molar-refractivity contribution in [3.8, 4) is 6.07 Å². The summed E-state index contributed by atoms with van der Waals surface area (Å²) in [6.45, 7) is 1.89. The third-order valence-corrected chi connectivity index (χ3v) is 2.75. The first-order chi connectivity index (χ1) is 7.61. The van der Waals surface area contributed by atoms with Crippen LogP contribution < -0.4 is 0 Å².